The molecular weight excluding hydrogens is 381 g/mol. The molecule has 0 aliphatic rings. The molecule has 118 valence electrons. The average Bonchev–Trinajstić information content (AvgIpc) is 2.49. The summed E-state index contributed by atoms with van der Waals surface area (Å²) in [6.45, 7) is 5.66. The fourth-order valence-electron chi connectivity index (χ4n) is 1.89. The fourth-order valence-corrected chi connectivity index (χ4v) is 2.43. The Morgan fingerprint density at radius 2 is 1.81 bits per heavy atom. The molecule has 0 spiro atoms. The first-order valence-electron chi connectivity index (χ1n) is 7.46. The van der Waals surface area contributed by atoms with Gasteiger partial charge in [0, 0.05) is 12.1 Å². The van der Waals surface area contributed by atoms with Gasteiger partial charge in [-0.05, 0) is 49.3 Å². The van der Waals surface area contributed by atoms with Gasteiger partial charge in [0.25, 0.3) is 5.91 Å². The highest BCUT2D eigenvalue weighted by Crippen LogP contribution is 2.28. The van der Waals surface area contributed by atoms with Crippen LogP contribution in [-0.2, 0) is 0 Å². The largest absolute Gasteiger partial charge is 0.490 e. The van der Waals surface area contributed by atoms with Crippen LogP contribution in [0.4, 0.5) is 0 Å². The third kappa shape index (κ3) is 6.54. The van der Waals surface area contributed by atoms with Gasteiger partial charge in [0.2, 0.25) is 0 Å². The van der Waals surface area contributed by atoms with Crippen molar-refractivity contribution < 1.29 is 14.3 Å². The molecule has 0 unspecified atom stereocenters. The van der Waals surface area contributed by atoms with E-state index in [0.717, 1.165) is 12.8 Å². The third-order valence-electron chi connectivity index (χ3n) is 2.90. The lowest BCUT2D eigenvalue weighted by atomic mass is 10.2. The number of carbonyl (C=O) groups is 1. The second kappa shape index (κ2) is 10.7. The first-order chi connectivity index (χ1) is 10.2. The lowest BCUT2D eigenvalue weighted by Crippen LogP contribution is -2.24. The molecule has 0 saturated heterocycles. The lowest BCUT2D eigenvalue weighted by molar-refractivity contribution is 0.0952. The number of hydrogen-bond acceptors (Lipinski definition) is 3. The molecule has 1 N–H and O–H groups in total. The summed E-state index contributed by atoms with van der Waals surface area (Å²) >= 11 is 2.37. The van der Waals surface area contributed by atoms with Crippen molar-refractivity contribution in [1.29, 1.82) is 0 Å². The van der Waals surface area contributed by atoms with Crippen molar-refractivity contribution in [1.82, 2.24) is 5.32 Å². The molecule has 0 bridgehead atoms. The fraction of sp³-hybridized carbons (Fsp3) is 0.562. The summed E-state index contributed by atoms with van der Waals surface area (Å²) in [5.74, 6) is 1.24. The van der Waals surface area contributed by atoms with Gasteiger partial charge >= 0.3 is 0 Å². The minimum absolute atomic E-state index is 0.0616. The second-order valence-corrected chi connectivity index (χ2v) is 5.61. The van der Waals surface area contributed by atoms with Crippen LogP contribution in [0.3, 0.4) is 0 Å². The number of amides is 1. The van der Waals surface area contributed by atoms with Gasteiger partial charge in [-0.25, -0.2) is 0 Å². The van der Waals surface area contributed by atoms with E-state index in [2.05, 4.69) is 27.9 Å². The van der Waals surface area contributed by atoms with Crippen molar-refractivity contribution in [2.75, 3.05) is 24.2 Å². The van der Waals surface area contributed by atoms with Crippen LogP contribution in [0.25, 0.3) is 0 Å². The molecule has 1 aromatic carbocycles. The Morgan fingerprint density at radius 3 is 2.48 bits per heavy atom. The van der Waals surface area contributed by atoms with Crippen molar-refractivity contribution in [2.24, 2.45) is 0 Å². The number of halogens is 1. The maximum atomic E-state index is 12.1. The maximum absolute atomic E-state index is 12.1. The van der Waals surface area contributed by atoms with Gasteiger partial charge in [-0.1, -0.05) is 29.0 Å². The van der Waals surface area contributed by atoms with Gasteiger partial charge in [0.15, 0.2) is 11.5 Å². The standard InChI is InChI=1S/C16H24INO3/c1-3-20-14-9-8-13(12-15(14)21-4-2)16(19)18-11-7-5-6-10-17/h8-9,12H,3-7,10-11H2,1-2H3,(H,18,19). The Hall–Kier alpha value is -0.980. The molecule has 0 saturated carbocycles. The zero-order chi connectivity index (χ0) is 15.5. The SMILES string of the molecule is CCOc1ccc(C(=O)NCCCCCI)cc1OCC. The van der Waals surface area contributed by atoms with Crippen LogP contribution < -0.4 is 14.8 Å². The summed E-state index contributed by atoms with van der Waals surface area (Å²) in [5, 5.41) is 2.94. The van der Waals surface area contributed by atoms with E-state index in [1.807, 2.05) is 13.8 Å². The molecule has 1 amide bonds. The molecule has 0 aliphatic heterocycles. The number of rotatable bonds is 10. The second-order valence-electron chi connectivity index (χ2n) is 4.53. The molecule has 5 heteroatoms. The summed E-state index contributed by atoms with van der Waals surface area (Å²) in [6.07, 6.45) is 3.37. The van der Waals surface area contributed by atoms with Crippen molar-refractivity contribution in [3.63, 3.8) is 0 Å². The van der Waals surface area contributed by atoms with Crippen molar-refractivity contribution in [3.05, 3.63) is 23.8 Å². The molecule has 0 radical (unpaired) electrons. The predicted octanol–water partition coefficient (Wildman–Crippen LogP) is 3.82. The van der Waals surface area contributed by atoms with Gasteiger partial charge in [-0.15, -0.1) is 0 Å². The minimum Gasteiger partial charge on any atom is -0.490 e. The molecule has 0 atom stereocenters. The van der Waals surface area contributed by atoms with Crippen LogP contribution in [0.5, 0.6) is 11.5 Å². The molecular formula is C16H24INO3. The Balaban J connectivity index is 2.60. The van der Waals surface area contributed by atoms with E-state index >= 15 is 0 Å². The third-order valence-corrected chi connectivity index (χ3v) is 3.66. The Labute approximate surface area is 140 Å². The Kier molecular flexibility index (Phi) is 9.21. The van der Waals surface area contributed by atoms with Crippen molar-refractivity contribution >= 4 is 28.5 Å². The van der Waals surface area contributed by atoms with Crippen molar-refractivity contribution in [2.45, 2.75) is 33.1 Å². The number of unbranched alkanes of at least 4 members (excludes halogenated alkanes) is 2. The number of benzene rings is 1. The number of carbonyl (C=O) groups excluding carboxylic acids is 1. The van der Waals surface area contributed by atoms with Crippen molar-refractivity contribution in [3.8, 4) is 11.5 Å². The molecule has 0 fully saturated rings. The van der Waals surface area contributed by atoms with E-state index in [4.69, 9.17) is 9.47 Å². The molecule has 1 rings (SSSR count). The Morgan fingerprint density at radius 1 is 1.10 bits per heavy atom. The number of ether oxygens (including phenoxy) is 2. The van der Waals surface area contributed by atoms with Gasteiger partial charge < -0.3 is 14.8 Å². The average molecular weight is 405 g/mol. The molecule has 0 aliphatic carbocycles. The molecule has 21 heavy (non-hydrogen) atoms. The van der Waals surface area contributed by atoms with Crippen LogP contribution in [-0.4, -0.2) is 30.1 Å². The van der Waals surface area contributed by atoms with Crippen LogP contribution in [0.2, 0.25) is 0 Å². The van der Waals surface area contributed by atoms with Crippen LogP contribution in [0.1, 0.15) is 43.5 Å². The van der Waals surface area contributed by atoms with E-state index in [0.29, 0.717) is 36.8 Å². The van der Waals surface area contributed by atoms with E-state index in [1.165, 1.54) is 10.8 Å². The van der Waals surface area contributed by atoms with Crippen LogP contribution >= 0.6 is 22.6 Å². The number of nitrogens with one attached hydrogen (secondary N) is 1. The summed E-state index contributed by atoms with van der Waals surface area (Å²) in [7, 11) is 0. The molecule has 0 heterocycles. The molecule has 4 nitrogen and oxygen atoms in total. The zero-order valence-electron chi connectivity index (χ0n) is 12.8. The van der Waals surface area contributed by atoms with E-state index < -0.39 is 0 Å². The quantitative estimate of drug-likeness (QED) is 0.366. The number of alkyl halides is 1. The smallest absolute Gasteiger partial charge is 0.251 e. The minimum atomic E-state index is -0.0616. The Bertz CT molecular complexity index is 438. The zero-order valence-corrected chi connectivity index (χ0v) is 14.9. The summed E-state index contributed by atoms with van der Waals surface area (Å²) < 4.78 is 12.2. The van der Waals surface area contributed by atoms with Gasteiger partial charge in [0.1, 0.15) is 0 Å². The number of hydrogen-bond donors (Lipinski definition) is 1. The first-order valence-corrected chi connectivity index (χ1v) is 8.99. The lowest BCUT2D eigenvalue weighted by Gasteiger charge is -2.12. The molecule has 1 aromatic rings. The van der Waals surface area contributed by atoms with Crippen LogP contribution in [0.15, 0.2) is 18.2 Å². The highest BCUT2D eigenvalue weighted by atomic mass is 127. The summed E-state index contributed by atoms with van der Waals surface area (Å²) in [6, 6.07) is 5.31. The van der Waals surface area contributed by atoms with E-state index in [-0.39, 0.29) is 5.91 Å². The van der Waals surface area contributed by atoms with E-state index in [1.54, 1.807) is 18.2 Å². The highest BCUT2D eigenvalue weighted by molar-refractivity contribution is 14.1. The highest BCUT2D eigenvalue weighted by Gasteiger charge is 2.11. The van der Waals surface area contributed by atoms with Gasteiger partial charge in [0.05, 0.1) is 13.2 Å². The predicted molar refractivity (Wildman–Crippen MR) is 93.9 cm³/mol. The molecule has 0 aromatic heterocycles. The summed E-state index contributed by atoms with van der Waals surface area (Å²) in [5.41, 5.74) is 0.607. The normalized spacial score (nSPS) is 10.2. The monoisotopic (exact) mass is 405 g/mol. The first kappa shape index (κ1) is 18.1. The maximum Gasteiger partial charge on any atom is 0.251 e. The van der Waals surface area contributed by atoms with E-state index in [9.17, 15) is 4.79 Å². The van der Waals surface area contributed by atoms with Gasteiger partial charge in [-0.2, -0.15) is 0 Å². The summed E-state index contributed by atoms with van der Waals surface area (Å²) in [4.78, 5) is 12.1. The van der Waals surface area contributed by atoms with Gasteiger partial charge in [-0.3, -0.25) is 4.79 Å². The topological polar surface area (TPSA) is 47.6 Å². The van der Waals surface area contributed by atoms with Crippen LogP contribution in [0, 0.1) is 0 Å².